The Bertz CT molecular complexity index is 584. The summed E-state index contributed by atoms with van der Waals surface area (Å²) in [5.74, 6) is 4.48. The van der Waals surface area contributed by atoms with Crippen LogP contribution in [0.1, 0.15) is 11.1 Å². The van der Waals surface area contributed by atoms with E-state index < -0.39 is 0 Å². The van der Waals surface area contributed by atoms with Crippen LogP contribution < -0.4 is 4.74 Å². The molecular weight excluding hydrogens is 278 g/mol. The molecule has 2 rings (SSSR count). The van der Waals surface area contributed by atoms with Crippen molar-refractivity contribution in [1.29, 1.82) is 0 Å². The molecule has 0 radical (unpaired) electrons. The van der Waals surface area contributed by atoms with E-state index in [1.165, 1.54) is 5.56 Å². The van der Waals surface area contributed by atoms with Crippen LogP contribution in [0, 0.1) is 11.2 Å². The van der Waals surface area contributed by atoms with Crippen molar-refractivity contribution in [3.63, 3.8) is 0 Å². The molecule has 96 valence electrons. The van der Waals surface area contributed by atoms with Crippen molar-refractivity contribution in [1.82, 2.24) is 4.98 Å². The van der Waals surface area contributed by atoms with E-state index in [2.05, 4.69) is 16.2 Å². The van der Waals surface area contributed by atoms with Crippen LogP contribution >= 0.6 is 23.4 Å². The lowest BCUT2D eigenvalue weighted by Crippen LogP contribution is -1.86. The lowest BCUT2D eigenvalue weighted by molar-refractivity contribution is 0.398. The van der Waals surface area contributed by atoms with E-state index in [1.807, 2.05) is 30.3 Å². The maximum Gasteiger partial charge on any atom is 0.212 e. The molecule has 0 bridgehead atoms. The first kappa shape index (κ1) is 13.8. The first-order chi connectivity index (χ1) is 9.28. The van der Waals surface area contributed by atoms with Crippen molar-refractivity contribution >= 4 is 23.4 Å². The van der Waals surface area contributed by atoms with Gasteiger partial charge in [-0.2, -0.15) is 0 Å². The van der Waals surface area contributed by atoms with Crippen molar-refractivity contribution in [2.45, 2.75) is 5.75 Å². The third-order valence-electron chi connectivity index (χ3n) is 2.37. The number of hydrogen-bond acceptors (Lipinski definition) is 3. The van der Waals surface area contributed by atoms with Gasteiger partial charge in [0.2, 0.25) is 5.88 Å². The summed E-state index contributed by atoms with van der Waals surface area (Å²) in [5.41, 5.74) is 2.08. The van der Waals surface area contributed by atoms with Gasteiger partial charge in [-0.05, 0) is 29.0 Å². The number of aromatic nitrogens is 1. The summed E-state index contributed by atoms with van der Waals surface area (Å²) < 4.78 is 4.99. The molecule has 0 amide bonds. The van der Waals surface area contributed by atoms with Gasteiger partial charge in [-0.1, -0.05) is 41.4 Å². The molecule has 0 aliphatic heterocycles. The molecule has 0 atom stereocenters. The van der Waals surface area contributed by atoms with Crippen LogP contribution in [0.4, 0.5) is 0 Å². The van der Waals surface area contributed by atoms with Gasteiger partial charge in [0, 0.05) is 28.6 Å². The normalized spacial score (nSPS) is 9.58. The minimum Gasteiger partial charge on any atom is -0.481 e. The highest BCUT2D eigenvalue weighted by Gasteiger charge is 1.93. The van der Waals surface area contributed by atoms with Crippen molar-refractivity contribution < 1.29 is 4.74 Å². The van der Waals surface area contributed by atoms with Gasteiger partial charge in [0.1, 0.15) is 0 Å². The lowest BCUT2D eigenvalue weighted by Gasteiger charge is -1.97. The fourth-order valence-electron chi connectivity index (χ4n) is 1.37. The third kappa shape index (κ3) is 4.51. The Morgan fingerprint density at radius 2 is 2.00 bits per heavy atom. The second-order valence-corrected chi connectivity index (χ2v) is 4.95. The van der Waals surface area contributed by atoms with Crippen LogP contribution in [0.5, 0.6) is 5.88 Å². The zero-order chi connectivity index (χ0) is 13.5. The van der Waals surface area contributed by atoms with Gasteiger partial charge < -0.3 is 4.74 Å². The predicted octanol–water partition coefficient (Wildman–Crippen LogP) is 3.99. The molecule has 0 saturated carbocycles. The number of pyridine rings is 1. The molecule has 0 aliphatic carbocycles. The molecule has 0 unspecified atom stereocenters. The standard InChI is InChI=1S/C15H12ClNOS/c1-18-15-7-4-12(10-17-15)8-9-19-11-13-2-5-14(16)6-3-13/h2-7,10H,11H2,1H3. The van der Waals surface area contributed by atoms with Crippen LogP contribution in [0.15, 0.2) is 42.6 Å². The molecule has 0 N–H and O–H groups in total. The molecule has 1 aromatic carbocycles. The summed E-state index contributed by atoms with van der Waals surface area (Å²) in [6.45, 7) is 0. The second kappa shape index (κ2) is 7.08. The van der Waals surface area contributed by atoms with Gasteiger partial charge in [0.15, 0.2) is 0 Å². The average molecular weight is 290 g/mol. The zero-order valence-electron chi connectivity index (χ0n) is 10.4. The molecule has 1 aromatic heterocycles. The highest BCUT2D eigenvalue weighted by atomic mass is 35.5. The van der Waals surface area contributed by atoms with Gasteiger partial charge >= 0.3 is 0 Å². The summed E-state index contributed by atoms with van der Waals surface area (Å²) >= 11 is 7.38. The fourth-order valence-corrected chi connectivity index (χ4v) is 2.12. The lowest BCUT2D eigenvalue weighted by atomic mass is 10.2. The van der Waals surface area contributed by atoms with E-state index in [-0.39, 0.29) is 0 Å². The molecule has 4 heteroatoms. The molecule has 0 fully saturated rings. The number of hydrogen-bond donors (Lipinski definition) is 0. The Morgan fingerprint density at radius 3 is 2.63 bits per heavy atom. The monoisotopic (exact) mass is 289 g/mol. The summed E-state index contributed by atoms with van der Waals surface area (Å²) in [5, 5.41) is 3.81. The second-order valence-electron chi connectivity index (χ2n) is 3.73. The smallest absolute Gasteiger partial charge is 0.212 e. The molecule has 2 aromatic rings. The topological polar surface area (TPSA) is 22.1 Å². The van der Waals surface area contributed by atoms with Crippen molar-refractivity contribution in [2.75, 3.05) is 7.11 Å². The van der Waals surface area contributed by atoms with Crippen LogP contribution in [0.2, 0.25) is 5.02 Å². The number of methoxy groups -OCH3 is 1. The SMILES string of the molecule is COc1ccc(C#CSCc2ccc(Cl)cc2)cn1. The number of nitrogens with zero attached hydrogens (tertiary/aromatic N) is 1. The molecule has 19 heavy (non-hydrogen) atoms. The summed E-state index contributed by atoms with van der Waals surface area (Å²) in [4.78, 5) is 4.10. The molecule has 2 nitrogen and oxygen atoms in total. The Hall–Kier alpha value is -1.63. The van der Waals surface area contributed by atoms with Crippen molar-refractivity contribution in [3.8, 4) is 17.1 Å². The zero-order valence-corrected chi connectivity index (χ0v) is 12.0. The van der Waals surface area contributed by atoms with E-state index in [9.17, 15) is 0 Å². The number of rotatable bonds is 3. The van der Waals surface area contributed by atoms with Crippen molar-refractivity contribution in [2.24, 2.45) is 0 Å². The molecule has 0 saturated heterocycles. The van der Waals surface area contributed by atoms with Crippen LogP contribution in [0.3, 0.4) is 0 Å². The molecule has 0 spiro atoms. The largest absolute Gasteiger partial charge is 0.481 e. The van der Waals surface area contributed by atoms with Gasteiger partial charge in [-0.3, -0.25) is 0 Å². The van der Waals surface area contributed by atoms with Crippen LogP contribution in [-0.4, -0.2) is 12.1 Å². The maximum atomic E-state index is 5.83. The first-order valence-electron chi connectivity index (χ1n) is 5.65. The Labute approximate surface area is 122 Å². The van der Waals surface area contributed by atoms with Crippen molar-refractivity contribution in [3.05, 3.63) is 58.7 Å². The number of benzene rings is 1. The van der Waals surface area contributed by atoms with Gasteiger partial charge in [0.05, 0.1) is 7.11 Å². The number of thioether (sulfide) groups is 1. The highest BCUT2D eigenvalue weighted by molar-refractivity contribution is 8.03. The van der Waals surface area contributed by atoms with Gasteiger partial charge in [-0.25, -0.2) is 4.98 Å². The van der Waals surface area contributed by atoms with E-state index in [0.717, 1.165) is 16.3 Å². The molecule has 0 aliphatic rings. The maximum absolute atomic E-state index is 5.83. The average Bonchev–Trinajstić information content (AvgIpc) is 2.46. The van der Waals surface area contributed by atoms with E-state index >= 15 is 0 Å². The Morgan fingerprint density at radius 1 is 1.21 bits per heavy atom. The molecular formula is C15H12ClNOS. The minimum absolute atomic E-state index is 0.597. The summed E-state index contributed by atoms with van der Waals surface area (Å²) in [7, 11) is 1.59. The highest BCUT2D eigenvalue weighted by Crippen LogP contribution is 2.14. The summed E-state index contributed by atoms with van der Waals surface area (Å²) in [6, 6.07) is 11.5. The van der Waals surface area contributed by atoms with Crippen LogP contribution in [0.25, 0.3) is 0 Å². The third-order valence-corrected chi connectivity index (χ3v) is 3.34. The van der Waals surface area contributed by atoms with Crippen LogP contribution in [-0.2, 0) is 5.75 Å². The Kier molecular flexibility index (Phi) is 5.14. The molecule has 1 heterocycles. The van der Waals surface area contributed by atoms with Gasteiger partial charge in [-0.15, -0.1) is 0 Å². The number of halogens is 1. The predicted molar refractivity (Wildman–Crippen MR) is 80.4 cm³/mol. The van der Waals surface area contributed by atoms with E-state index in [0.29, 0.717) is 5.88 Å². The summed E-state index contributed by atoms with van der Waals surface area (Å²) in [6.07, 6.45) is 1.70. The first-order valence-corrected chi connectivity index (χ1v) is 7.01. The quantitative estimate of drug-likeness (QED) is 0.798. The van der Waals surface area contributed by atoms with E-state index in [1.54, 1.807) is 31.1 Å². The van der Waals surface area contributed by atoms with Gasteiger partial charge in [0.25, 0.3) is 0 Å². The van der Waals surface area contributed by atoms with E-state index in [4.69, 9.17) is 16.3 Å². The Balaban J connectivity index is 1.88. The minimum atomic E-state index is 0.597. The number of ether oxygens (including phenoxy) is 1. The fraction of sp³-hybridized carbons (Fsp3) is 0.133.